The number of amides is 1. The lowest BCUT2D eigenvalue weighted by atomic mass is 10.2. The predicted molar refractivity (Wildman–Crippen MR) is 70.7 cm³/mol. The van der Waals surface area contributed by atoms with E-state index in [-0.39, 0.29) is 11.5 Å². The van der Waals surface area contributed by atoms with Crippen molar-refractivity contribution in [3.8, 4) is 0 Å². The lowest BCUT2D eigenvalue weighted by Gasteiger charge is -2.11. The van der Waals surface area contributed by atoms with Crippen LogP contribution in [0.3, 0.4) is 0 Å². The van der Waals surface area contributed by atoms with Gasteiger partial charge < -0.3 is 10.3 Å². The average molecular weight is 267 g/mol. The van der Waals surface area contributed by atoms with Crippen molar-refractivity contribution in [2.24, 2.45) is 0 Å². The molecule has 1 saturated carbocycles. The topological polar surface area (TPSA) is 74.8 Å². The van der Waals surface area contributed by atoms with Crippen LogP contribution in [0.1, 0.15) is 31.4 Å². The Kier molecular flexibility index (Phi) is 4.41. The lowest BCUT2D eigenvalue weighted by molar-refractivity contribution is -0.119. The molecule has 1 amide bonds. The highest BCUT2D eigenvalue weighted by Crippen LogP contribution is 2.18. The van der Waals surface area contributed by atoms with Gasteiger partial charge in [-0.05, 0) is 19.8 Å². The first-order chi connectivity index (χ1) is 8.63. The first kappa shape index (κ1) is 13.1. The van der Waals surface area contributed by atoms with Gasteiger partial charge in [-0.15, -0.1) is 0 Å². The fourth-order valence-electron chi connectivity index (χ4n) is 2.09. The quantitative estimate of drug-likeness (QED) is 0.635. The molecule has 0 aliphatic heterocycles. The minimum atomic E-state index is -0.179. The van der Waals surface area contributed by atoms with Crippen molar-refractivity contribution in [3.63, 3.8) is 0 Å². The molecular weight excluding hydrogens is 250 g/mol. The van der Waals surface area contributed by atoms with Crippen LogP contribution in [0.15, 0.2) is 16.0 Å². The minimum absolute atomic E-state index is 0.0102. The number of nitrogens with zero attached hydrogens (tertiary/aromatic N) is 1. The molecule has 6 heteroatoms. The van der Waals surface area contributed by atoms with Crippen LogP contribution >= 0.6 is 11.8 Å². The summed E-state index contributed by atoms with van der Waals surface area (Å²) in [4.78, 5) is 29.7. The third-order valence-electron chi connectivity index (χ3n) is 2.91. The SMILES string of the molecule is Cc1cc(=O)[nH]c(SCC(=O)NC2CCCC2)n1. The van der Waals surface area contributed by atoms with Crippen molar-refractivity contribution >= 4 is 17.7 Å². The summed E-state index contributed by atoms with van der Waals surface area (Å²) < 4.78 is 0. The molecule has 1 heterocycles. The first-order valence-corrected chi connectivity index (χ1v) is 7.12. The zero-order valence-corrected chi connectivity index (χ0v) is 11.2. The number of aryl methyl sites for hydroxylation is 1. The van der Waals surface area contributed by atoms with E-state index in [0.717, 1.165) is 12.8 Å². The summed E-state index contributed by atoms with van der Waals surface area (Å²) in [6.45, 7) is 1.76. The third-order valence-corrected chi connectivity index (χ3v) is 3.78. The van der Waals surface area contributed by atoms with Crippen LogP contribution < -0.4 is 10.9 Å². The summed E-state index contributed by atoms with van der Waals surface area (Å²) in [6.07, 6.45) is 4.56. The number of hydrogen-bond donors (Lipinski definition) is 2. The van der Waals surface area contributed by atoms with Crippen molar-refractivity contribution in [1.82, 2.24) is 15.3 Å². The van der Waals surface area contributed by atoms with E-state index in [1.807, 2.05) is 0 Å². The fourth-order valence-corrected chi connectivity index (χ4v) is 2.83. The third kappa shape index (κ3) is 3.87. The van der Waals surface area contributed by atoms with Gasteiger partial charge >= 0.3 is 0 Å². The molecule has 0 atom stereocenters. The van der Waals surface area contributed by atoms with E-state index in [9.17, 15) is 9.59 Å². The molecule has 1 aromatic rings. The van der Waals surface area contributed by atoms with Gasteiger partial charge in [0.1, 0.15) is 0 Å². The Morgan fingerprint density at radius 3 is 2.94 bits per heavy atom. The average Bonchev–Trinajstić information content (AvgIpc) is 2.78. The van der Waals surface area contributed by atoms with Crippen molar-refractivity contribution in [1.29, 1.82) is 0 Å². The van der Waals surface area contributed by atoms with E-state index in [1.165, 1.54) is 30.7 Å². The second-order valence-corrected chi connectivity index (χ2v) is 5.49. The molecule has 0 radical (unpaired) electrons. The van der Waals surface area contributed by atoms with E-state index in [2.05, 4.69) is 15.3 Å². The number of hydrogen-bond acceptors (Lipinski definition) is 4. The fraction of sp³-hybridized carbons (Fsp3) is 0.583. The van der Waals surface area contributed by atoms with Crippen molar-refractivity contribution in [3.05, 3.63) is 22.1 Å². The number of H-pyrrole nitrogens is 1. The molecule has 18 heavy (non-hydrogen) atoms. The minimum Gasteiger partial charge on any atom is -0.353 e. The van der Waals surface area contributed by atoms with Crippen molar-refractivity contribution in [2.45, 2.75) is 43.8 Å². The van der Waals surface area contributed by atoms with Crippen LogP contribution in [-0.4, -0.2) is 27.7 Å². The standard InChI is InChI=1S/C12H17N3O2S/c1-8-6-10(16)15-12(13-8)18-7-11(17)14-9-4-2-3-5-9/h6,9H,2-5,7H2,1H3,(H,14,17)(H,13,15,16). The maximum atomic E-state index is 11.7. The van der Waals surface area contributed by atoms with E-state index in [1.54, 1.807) is 6.92 Å². The lowest BCUT2D eigenvalue weighted by Crippen LogP contribution is -2.33. The maximum Gasteiger partial charge on any atom is 0.251 e. The summed E-state index contributed by atoms with van der Waals surface area (Å²) in [5.74, 6) is 0.305. The summed E-state index contributed by atoms with van der Waals surface area (Å²) in [5, 5.41) is 3.50. The second-order valence-electron chi connectivity index (χ2n) is 4.53. The van der Waals surface area contributed by atoms with Crippen LogP contribution in [0.2, 0.25) is 0 Å². The number of carbonyl (C=O) groups is 1. The Balaban J connectivity index is 1.83. The Morgan fingerprint density at radius 2 is 2.28 bits per heavy atom. The van der Waals surface area contributed by atoms with Gasteiger partial charge in [-0.3, -0.25) is 9.59 Å². The van der Waals surface area contributed by atoms with E-state index < -0.39 is 0 Å². The Bertz CT molecular complexity index is 480. The number of thioether (sulfide) groups is 1. The predicted octanol–water partition coefficient (Wildman–Crippen LogP) is 1.23. The highest BCUT2D eigenvalue weighted by molar-refractivity contribution is 7.99. The molecule has 0 unspecified atom stereocenters. The molecule has 1 aliphatic rings. The van der Waals surface area contributed by atoms with Crippen molar-refractivity contribution in [2.75, 3.05) is 5.75 Å². The summed E-state index contributed by atoms with van der Waals surface area (Å²) >= 11 is 1.26. The van der Waals surface area contributed by atoms with Gasteiger partial charge in [-0.25, -0.2) is 4.98 Å². The van der Waals surface area contributed by atoms with Gasteiger partial charge in [-0.1, -0.05) is 24.6 Å². The van der Waals surface area contributed by atoms with Gasteiger partial charge in [0.05, 0.1) is 5.75 Å². The molecule has 5 nitrogen and oxygen atoms in total. The van der Waals surface area contributed by atoms with E-state index in [4.69, 9.17) is 0 Å². The molecule has 0 bridgehead atoms. The molecule has 1 aromatic heterocycles. The molecule has 1 fully saturated rings. The summed E-state index contributed by atoms with van der Waals surface area (Å²) in [7, 11) is 0. The van der Waals surface area contributed by atoms with Crippen molar-refractivity contribution < 1.29 is 4.79 Å². The Labute approximate surface area is 110 Å². The summed E-state index contributed by atoms with van der Waals surface area (Å²) in [5.41, 5.74) is 0.485. The van der Waals surface area contributed by atoms with Crippen LogP contribution in [0.4, 0.5) is 0 Å². The van der Waals surface area contributed by atoms with E-state index >= 15 is 0 Å². The van der Waals surface area contributed by atoms with Gasteiger partial charge in [-0.2, -0.15) is 0 Å². The van der Waals surface area contributed by atoms with Gasteiger partial charge in [0, 0.05) is 17.8 Å². The highest BCUT2D eigenvalue weighted by atomic mass is 32.2. The monoisotopic (exact) mass is 267 g/mol. The first-order valence-electron chi connectivity index (χ1n) is 6.13. The molecule has 2 rings (SSSR count). The molecule has 0 spiro atoms. The molecular formula is C12H17N3O2S. The number of rotatable bonds is 4. The second kappa shape index (κ2) is 6.04. The zero-order chi connectivity index (χ0) is 13.0. The highest BCUT2D eigenvalue weighted by Gasteiger charge is 2.17. The van der Waals surface area contributed by atoms with Gasteiger partial charge in [0.25, 0.3) is 5.56 Å². The molecule has 0 saturated heterocycles. The molecule has 98 valence electrons. The van der Waals surface area contributed by atoms with Crippen LogP contribution in [-0.2, 0) is 4.79 Å². The molecule has 1 aliphatic carbocycles. The summed E-state index contributed by atoms with van der Waals surface area (Å²) in [6, 6.07) is 1.77. The van der Waals surface area contributed by atoms with Gasteiger partial charge in [0.15, 0.2) is 5.16 Å². The normalized spacial score (nSPS) is 15.8. The number of aromatic nitrogens is 2. The maximum absolute atomic E-state index is 11.7. The Hall–Kier alpha value is -1.30. The van der Waals surface area contributed by atoms with Crippen LogP contribution in [0.5, 0.6) is 0 Å². The Morgan fingerprint density at radius 1 is 1.56 bits per heavy atom. The number of nitrogens with one attached hydrogen (secondary N) is 2. The van der Waals surface area contributed by atoms with Gasteiger partial charge in [0.2, 0.25) is 5.91 Å². The van der Waals surface area contributed by atoms with E-state index in [0.29, 0.717) is 22.6 Å². The molecule has 2 N–H and O–H groups in total. The number of carbonyl (C=O) groups excluding carboxylic acids is 1. The van der Waals surface area contributed by atoms with Crippen LogP contribution in [0, 0.1) is 6.92 Å². The van der Waals surface area contributed by atoms with Crippen LogP contribution in [0.25, 0.3) is 0 Å². The molecule has 0 aromatic carbocycles. The largest absolute Gasteiger partial charge is 0.353 e. The smallest absolute Gasteiger partial charge is 0.251 e. The number of aromatic amines is 1. The zero-order valence-electron chi connectivity index (χ0n) is 10.4.